The Morgan fingerprint density at radius 1 is 1.24 bits per heavy atom. The minimum atomic E-state index is -1.30. The normalized spacial score (nSPS) is 12.3. The number of thiazole rings is 1. The molecule has 0 fully saturated rings. The minimum Gasteiger partial charge on any atom is -0.490 e. The Bertz CT molecular complexity index is 1320. The van der Waals surface area contributed by atoms with Gasteiger partial charge in [-0.1, -0.05) is 35.3 Å². The lowest BCUT2D eigenvalue weighted by Crippen LogP contribution is -2.12. The summed E-state index contributed by atoms with van der Waals surface area (Å²) in [7, 11) is 2.72. The monoisotopic (exact) mass is 582 g/mol. The van der Waals surface area contributed by atoms with Crippen molar-refractivity contribution in [2.45, 2.75) is 19.4 Å². The zero-order valence-corrected chi connectivity index (χ0v) is 23.0. The van der Waals surface area contributed by atoms with Gasteiger partial charge in [0.05, 0.1) is 29.0 Å². The molecule has 2 N–H and O–H groups in total. The maximum absolute atomic E-state index is 15.4. The molecule has 1 aromatic heterocycles. The molecule has 12 heteroatoms. The van der Waals surface area contributed by atoms with Crippen LogP contribution in [-0.2, 0) is 19.0 Å². The van der Waals surface area contributed by atoms with Gasteiger partial charge in [-0.15, -0.1) is 11.3 Å². The summed E-state index contributed by atoms with van der Waals surface area (Å²) in [4.78, 5) is 28.4. The summed E-state index contributed by atoms with van der Waals surface area (Å²) in [5.41, 5.74) is 1.32. The van der Waals surface area contributed by atoms with Crippen LogP contribution in [0.2, 0.25) is 10.0 Å². The van der Waals surface area contributed by atoms with Gasteiger partial charge >= 0.3 is 5.97 Å². The van der Waals surface area contributed by atoms with Gasteiger partial charge in [0.1, 0.15) is 5.82 Å². The lowest BCUT2D eigenvalue weighted by Gasteiger charge is -2.17. The molecule has 1 heterocycles. The van der Waals surface area contributed by atoms with Crippen molar-refractivity contribution >= 4 is 57.6 Å². The second-order valence-corrected chi connectivity index (χ2v) is 9.45. The number of carbonyl (C=O) groups is 2. The van der Waals surface area contributed by atoms with E-state index in [0.29, 0.717) is 30.9 Å². The van der Waals surface area contributed by atoms with Crippen LogP contribution < -0.4 is 5.32 Å². The number of benzene rings is 2. The van der Waals surface area contributed by atoms with Gasteiger partial charge in [-0.3, -0.25) is 10.1 Å². The topological polar surface area (TPSA) is 107 Å². The third-order valence-corrected chi connectivity index (χ3v) is 6.82. The molecule has 202 valence electrons. The van der Waals surface area contributed by atoms with E-state index in [2.05, 4.69) is 10.3 Å². The molecule has 0 saturated carbocycles. The van der Waals surface area contributed by atoms with Crippen molar-refractivity contribution in [3.8, 4) is 11.3 Å². The standard InChI is InChI=1S/C26H25Cl2FN2O6S/c1-4-37-9-8-21(35-2)16-7-5-6-15(23(16)29)20-13-38-26(30-20)31-24(32)14-10-18(27)17(19(28)11-14)12-22(36-3)25(33)34/h5-7,10-13,21H,4,8-9H2,1-3H3,(H,33,34)(H,30,31,32)/b22-12-. The number of anilines is 1. The molecule has 1 amide bonds. The van der Waals surface area contributed by atoms with Gasteiger partial charge in [0.15, 0.2) is 5.13 Å². The Labute approximate surface area is 233 Å². The number of methoxy groups -OCH3 is 2. The Morgan fingerprint density at radius 3 is 2.55 bits per heavy atom. The van der Waals surface area contributed by atoms with E-state index in [1.54, 1.807) is 23.6 Å². The average molecular weight is 583 g/mol. The first-order valence-corrected chi connectivity index (χ1v) is 13.0. The SMILES string of the molecule is CCOCCC(OC)c1cccc(-c2csc(NC(=O)c3cc(Cl)c(/C=C(\OC)C(=O)O)c(Cl)c3)n2)c1F. The predicted octanol–water partition coefficient (Wildman–Crippen LogP) is 6.69. The molecule has 0 spiro atoms. The Balaban J connectivity index is 1.81. The van der Waals surface area contributed by atoms with E-state index in [1.807, 2.05) is 6.92 Å². The highest BCUT2D eigenvalue weighted by Crippen LogP contribution is 2.33. The molecule has 8 nitrogen and oxygen atoms in total. The predicted molar refractivity (Wildman–Crippen MR) is 145 cm³/mol. The van der Waals surface area contributed by atoms with Crippen molar-refractivity contribution in [1.29, 1.82) is 0 Å². The van der Waals surface area contributed by atoms with Crippen molar-refractivity contribution < 1.29 is 33.3 Å². The number of ether oxygens (including phenoxy) is 3. The molecule has 0 aliphatic carbocycles. The number of rotatable bonds is 12. The van der Waals surface area contributed by atoms with Crippen LogP contribution in [0.15, 0.2) is 41.5 Å². The van der Waals surface area contributed by atoms with E-state index in [0.717, 1.165) is 17.4 Å². The quantitative estimate of drug-likeness (QED) is 0.139. The van der Waals surface area contributed by atoms with Crippen molar-refractivity contribution in [2.75, 3.05) is 32.8 Å². The summed E-state index contributed by atoms with van der Waals surface area (Å²) in [6.07, 6.45) is 1.17. The summed E-state index contributed by atoms with van der Waals surface area (Å²) in [5, 5.41) is 13.8. The number of nitrogens with zero attached hydrogens (tertiary/aromatic N) is 1. The van der Waals surface area contributed by atoms with E-state index >= 15 is 4.39 Å². The number of carboxylic acids is 1. The van der Waals surface area contributed by atoms with Gasteiger partial charge < -0.3 is 19.3 Å². The van der Waals surface area contributed by atoms with Crippen LogP contribution in [0.3, 0.4) is 0 Å². The third kappa shape index (κ3) is 7.09. The van der Waals surface area contributed by atoms with Crippen molar-refractivity contribution in [3.63, 3.8) is 0 Å². The van der Waals surface area contributed by atoms with E-state index in [4.69, 9.17) is 42.5 Å². The Hall–Kier alpha value is -3.02. The van der Waals surface area contributed by atoms with E-state index < -0.39 is 23.8 Å². The van der Waals surface area contributed by atoms with Gasteiger partial charge in [0, 0.05) is 54.4 Å². The smallest absolute Gasteiger partial charge is 0.371 e. The molecule has 1 unspecified atom stereocenters. The second kappa shape index (κ2) is 13.7. The Morgan fingerprint density at radius 2 is 1.95 bits per heavy atom. The molecular weight excluding hydrogens is 558 g/mol. The fourth-order valence-electron chi connectivity index (χ4n) is 3.55. The number of hydrogen-bond donors (Lipinski definition) is 2. The fourth-order valence-corrected chi connectivity index (χ4v) is 4.85. The highest BCUT2D eigenvalue weighted by molar-refractivity contribution is 7.14. The van der Waals surface area contributed by atoms with Gasteiger partial charge in [0.25, 0.3) is 5.91 Å². The van der Waals surface area contributed by atoms with Crippen LogP contribution in [0, 0.1) is 5.82 Å². The molecule has 0 saturated heterocycles. The first kappa shape index (κ1) is 29.5. The molecule has 0 radical (unpaired) electrons. The minimum absolute atomic E-state index is 0.0502. The van der Waals surface area contributed by atoms with Gasteiger partial charge in [-0.05, 0) is 31.2 Å². The van der Waals surface area contributed by atoms with E-state index in [-0.39, 0.29) is 37.6 Å². The maximum Gasteiger partial charge on any atom is 0.371 e. The lowest BCUT2D eigenvalue weighted by atomic mass is 10.0. The summed E-state index contributed by atoms with van der Waals surface area (Å²) >= 11 is 13.6. The molecule has 38 heavy (non-hydrogen) atoms. The molecule has 3 rings (SSSR count). The molecule has 0 aliphatic heterocycles. The first-order chi connectivity index (χ1) is 18.2. The lowest BCUT2D eigenvalue weighted by molar-refractivity contribution is -0.135. The number of carbonyl (C=O) groups excluding carboxylic acids is 1. The largest absolute Gasteiger partial charge is 0.490 e. The molecule has 3 aromatic rings. The van der Waals surface area contributed by atoms with Crippen LogP contribution in [0.5, 0.6) is 0 Å². The third-order valence-electron chi connectivity index (χ3n) is 5.44. The Kier molecular flexibility index (Phi) is 10.6. The first-order valence-electron chi connectivity index (χ1n) is 11.3. The van der Waals surface area contributed by atoms with Crippen LogP contribution >= 0.6 is 34.5 Å². The highest BCUT2D eigenvalue weighted by Gasteiger charge is 2.21. The van der Waals surface area contributed by atoms with Gasteiger partial charge in [0.2, 0.25) is 5.76 Å². The summed E-state index contributed by atoms with van der Waals surface area (Å²) in [6, 6.07) is 7.67. The number of hydrogen-bond acceptors (Lipinski definition) is 7. The summed E-state index contributed by atoms with van der Waals surface area (Å²) < 4.78 is 31.0. The number of aromatic nitrogens is 1. The maximum atomic E-state index is 15.4. The highest BCUT2D eigenvalue weighted by atomic mass is 35.5. The molecule has 0 bridgehead atoms. The number of carboxylic acid groups (broad SMARTS) is 1. The van der Waals surface area contributed by atoms with Crippen molar-refractivity contribution in [2.24, 2.45) is 0 Å². The van der Waals surface area contributed by atoms with Gasteiger partial charge in [-0.2, -0.15) is 0 Å². The van der Waals surface area contributed by atoms with Gasteiger partial charge in [-0.25, -0.2) is 14.2 Å². The molecule has 1 atom stereocenters. The van der Waals surface area contributed by atoms with E-state index in [9.17, 15) is 9.59 Å². The molecular formula is C26H25Cl2FN2O6S. The average Bonchev–Trinajstić information content (AvgIpc) is 3.34. The zero-order chi connectivity index (χ0) is 27.8. The summed E-state index contributed by atoms with van der Waals surface area (Å²) in [6.45, 7) is 2.88. The zero-order valence-electron chi connectivity index (χ0n) is 20.7. The summed E-state index contributed by atoms with van der Waals surface area (Å²) in [5.74, 6) is -2.69. The van der Waals surface area contributed by atoms with Crippen LogP contribution in [0.1, 0.15) is 40.9 Å². The van der Waals surface area contributed by atoms with Crippen LogP contribution in [0.25, 0.3) is 17.3 Å². The molecule has 0 aliphatic rings. The van der Waals surface area contributed by atoms with Crippen molar-refractivity contribution in [3.05, 3.63) is 74.0 Å². The van der Waals surface area contributed by atoms with Crippen LogP contribution in [-0.4, -0.2) is 49.4 Å². The van der Waals surface area contributed by atoms with E-state index in [1.165, 1.54) is 26.4 Å². The van der Waals surface area contributed by atoms with Crippen molar-refractivity contribution in [1.82, 2.24) is 4.98 Å². The number of aliphatic carboxylic acids is 1. The molecule has 2 aromatic carbocycles. The second-order valence-electron chi connectivity index (χ2n) is 7.78. The van der Waals surface area contributed by atoms with Crippen LogP contribution in [0.4, 0.5) is 9.52 Å². The number of nitrogens with one attached hydrogen (secondary N) is 1. The fraction of sp³-hybridized carbons (Fsp3) is 0.269. The number of halogens is 3. The number of amides is 1.